The van der Waals surface area contributed by atoms with E-state index < -0.39 is 0 Å². The quantitative estimate of drug-likeness (QED) is 0.181. The first-order valence-corrected chi connectivity index (χ1v) is 16.8. The van der Waals surface area contributed by atoms with Crippen LogP contribution in [-0.2, 0) is 0 Å². The Morgan fingerprint density at radius 3 is 1.73 bits per heavy atom. The van der Waals surface area contributed by atoms with Crippen LogP contribution in [0.1, 0.15) is 0 Å². The Labute approximate surface area is 286 Å². The molecule has 0 saturated heterocycles. The minimum Gasteiger partial charge on any atom is -0.309 e. The lowest BCUT2D eigenvalue weighted by molar-refractivity contribution is 1.18. The van der Waals surface area contributed by atoms with Crippen LogP contribution in [0.2, 0.25) is 0 Å². The molecule has 9 aromatic rings. The second-order valence-corrected chi connectivity index (χ2v) is 12.9. The summed E-state index contributed by atoms with van der Waals surface area (Å²) >= 11 is 3.67. The van der Waals surface area contributed by atoms with E-state index in [4.69, 9.17) is 9.97 Å². The van der Waals surface area contributed by atoms with E-state index in [0.717, 1.165) is 48.9 Å². The van der Waals surface area contributed by atoms with Crippen LogP contribution in [-0.4, -0.2) is 14.5 Å². The van der Waals surface area contributed by atoms with Crippen molar-refractivity contribution < 1.29 is 0 Å². The van der Waals surface area contributed by atoms with Gasteiger partial charge in [-0.25, -0.2) is 9.97 Å². The Balaban J connectivity index is 1.27. The smallest absolute Gasteiger partial charge is 0.160 e. The molecule has 0 bridgehead atoms. The van der Waals surface area contributed by atoms with Crippen molar-refractivity contribution in [2.45, 2.75) is 0 Å². The largest absolute Gasteiger partial charge is 0.309 e. The lowest BCUT2D eigenvalue weighted by atomic mass is 9.94. The Hall–Kier alpha value is -5.84. The van der Waals surface area contributed by atoms with Gasteiger partial charge in [0.25, 0.3) is 0 Å². The lowest BCUT2D eigenvalue weighted by Crippen LogP contribution is -1.96. The van der Waals surface area contributed by atoms with Crippen LogP contribution in [0.25, 0.3) is 83.3 Å². The molecule has 0 radical (unpaired) electrons. The zero-order valence-electron chi connectivity index (χ0n) is 25.9. The molecule has 2 aromatic heterocycles. The number of hydrogen-bond acceptors (Lipinski definition) is 2. The Morgan fingerprint density at radius 1 is 0.417 bits per heavy atom. The van der Waals surface area contributed by atoms with Gasteiger partial charge in [-0.2, -0.15) is 0 Å². The SMILES string of the molecule is Brc1cccc(-c2ccccc2-c2ccc3c4ccc(-c5nc(-c6ccccc6)c6ccccc6n5)cc4n(-c4ccccc4)c3c2)c1. The van der Waals surface area contributed by atoms with Crippen LogP contribution in [0.3, 0.4) is 0 Å². The van der Waals surface area contributed by atoms with Gasteiger partial charge in [0.2, 0.25) is 0 Å². The molecule has 0 saturated carbocycles. The van der Waals surface area contributed by atoms with Crippen molar-refractivity contribution in [2.75, 3.05) is 0 Å². The molecule has 0 amide bonds. The molecular formula is C44H28BrN3. The van der Waals surface area contributed by atoms with E-state index in [1.807, 2.05) is 18.2 Å². The highest BCUT2D eigenvalue weighted by Gasteiger charge is 2.18. The summed E-state index contributed by atoms with van der Waals surface area (Å²) < 4.78 is 3.44. The van der Waals surface area contributed by atoms with Crippen LogP contribution >= 0.6 is 15.9 Å². The monoisotopic (exact) mass is 677 g/mol. The van der Waals surface area contributed by atoms with E-state index in [1.165, 1.54) is 33.0 Å². The second kappa shape index (κ2) is 11.8. The molecule has 2 heterocycles. The highest BCUT2D eigenvalue weighted by atomic mass is 79.9. The summed E-state index contributed by atoms with van der Waals surface area (Å²) in [6.45, 7) is 0. The third-order valence-corrected chi connectivity index (χ3v) is 9.56. The molecule has 0 aliphatic heterocycles. The van der Waals surface area contributed by atoms with E-state index in [-0.39, 0.29) is 0 Å². The molecule has 0 spiro atoms. The van der Waals surface area contributed by atoms with Gasteiger partial charge in [0.15, 0.2) is 5.82 Å². The van der Waals surface area contributed by atoms with Crippen LogP contribution in [0.4, 0.5) is 0 Å². The van der Waals surface area contributed by atoms with Crippen molar-refractivity contribution in [3.05, 3.63) is 174 Å². The summed E-state index contributed by atoms with van der Waals surface area (Å²) in [6, 6.07) is 59.9. The van der Waals surface area contributed by atoms with Gasteiger partial charge in [-0.1, -0.05) is 143 Å². The van der Waals surface area contributed by atoms with Gasteiger partial charge in [-0.05, 0) is 64.7 Å². The number of para-hydroxylation sites is 2. The molecule has 0 fully saturated rings. The minimum atomic E-state index is 0.711. The van der Waals surface area contributed by atoms with Gasteiger partial charge in [0.05, 0.1) is 22.2 Å². The molecule has 0 atom stereocenters. The first-order chi connectivity index (χ1) is 23.7. The van der Waals surface area contributed by atoms with E-state index in [0.29, 0.717) is 5.82 Å². The third-order valence-electron chi connectivity index (χ3n) is 9.06. The molecule has 48 heavy (non-hydrogen) atoms. The number of nitrogens with zero attached hydrogens (tertiary/aromatic N) is 3. The number of rotatable bonds is 5. The molecule has 9 rings (SSSR count). The molecule has 0 aliphatic rings. The summed E-state index contributed by atoms with van der Waals surface area (Å²) in [6.07, 6.45) is 0. The third kappa shape index (κ3) is 4.90. The summed E-state index contributed by atoms with van der Waals surface area (Å²) in [5.41, 5.74) is 12.0. The van der Waals surface area contributed by atoms with Crippen LogP contribution in [0.5, 0.6) is 0 Å². The highest BCUT2D eigenvalue weighted by molar-refractivity contribution is 9.10. The fourth-order valence-electron chi connectivity index (χ4n) is 6.84. The van der Waals surface area contributed by atoms with Gasteiger partial charge in [0, 0.05) is 37.4 Å². The van der Waals surface area contributed by atoms with E-state index >= 15 is 0 Å². The number of benzene rings is 7. The molecule has 4 heteroatoms. The standard InChI is InChI=1S/C44H28BrN3/c45-33-15-11-14-30(26-33)35-18-7-8-19-36(35)31-22-24-37-38-25-23-32(28-42(38)48(41(37)27-31)34-16-5-2-6-17-34)44-46-40-21-10-9-20-39(40)43(47-44)29-12-3-1-4-13-29/h1-28H. The Bertz CT molecular complexity index is 2620. The van der Waals surface area contributed by atoms with Crippen molar-refractivity contribution in [2.24, 2.45) is 0 Å². The van der Waals surface area contributed by atoms with Gasteiger partial charge in [0.1, 0.15) is 0 Å². The van der Waals surface area contributed by atoms with Crippen molar-refractivity contribution in [1.82, 2.24) is 14.5 Å². The van der Waals surface area contributed by atoms with E-state index in [9.17, 15) is 0 Å². The van der Waals surface area contributed by atoms with Crippen molar-refractivity contribution >= 4 is 48.6 Å². The summed E-state index contributed by atoms with van der Waals surface area (Å²) in [5.74, 6) is 0.711. The van der Waals surface area contributed by atoms with Crippen LogP contribution < -0.4 is 0 Å². The van der Waals surface area contributed by atoms with Crippen LogP contribution in [0.15, 0.2) is 174 Å². The lowest BCUT2D eigenvalue weighted by Gasteiger charge is -2.13. The maximum atomic E-state index is 5.18. The van der Waals surface area contributed by atoms with Crippen molar-refractivity contribution in [3.8, 4) is 50.6 Å². The van der Waals surface area contributed by atoms with Gasteiger partial charge < -0.3 is 4.57 Å². The zero-order chi connectivity index (χ0) is 32.0. The normalized spacial score (nSPS) is 11.4. The Kier molecular flexibility index (Phi) is 6.95. The van der Waals surface area contributed by atoms with E-state index in [2.05, 4.69) is 172 Å². The molecule has 0 unspecified atom stereocenters. The topological polar surface area (TPSA) is 30.7 Å². The highest BCUT2D eigenvalue weighted by Crippen LogP contribution is 2.39. The van der Waals surface area contributed by atoms with Crippen molar-refractivity contribution in [1.29, 1.82) is 0 Å². The number of aromatic nitrogens is 3. The number of halogens is 1. The average molecular weight is 679 g/mol. The summed E-state index contributed by atoms with van der Waals surface area (Å²) in [5, 5.41) is 3.43. The van der Waals surface area contributed by atoms with E-state index in [1.54, 1.807) is 0 Å². The zero-order valence-corrected chi connectivity index (χ0v) is 27.5. The van der Waals surface area contributed by atoms with Gasteiger partial charge in [-0.3, -0.25) is 0 Å². The fourth-order valence-corrected chi connectivity index (χ4v) is 7.24. The molecule has 0 N–H and O–H groups in total. The number of hydrogen-bond donors (Lipinski definition) is 0. The summed E-state index contributed by atoms with van der Waals surface area (Å²) in [7, 11) is 0. The fraction of sp³-hybridized carbons (Fsp3) is 0. The number of fused-ring (bicyclic) bond motifs is 4. The maximum Gasteiger partial charge on any atom is 0.160 e. The Morgan fingerprint density at radius 2 is 1.00 bits per heavy atom. The van der Waals surface area contributed by atoms with Crippen LogP contribution in [0, 0.1) is 0 Å². The first kappa shape index (κ1) is 28.4. The average Bonchev–Trinajstić information content (AvgIpc) is 3.48. The maximum absolute atomic E-state index is 5.18. The molecule has 226 valence electrons. The predicted molar refractivity (Wildman–Crippen MR) is 203 cm³/mol. The molecule has 7 aromatic carbocycles. The molecular weight excluding hydrogens is 650 g/mol. The van der Waals surface area contributed by atoms with Gasteiger partial charge in [-0.15, -0.1) is 0 Å². The molecule has 3 nitrogen and oxygen atoms in total. The minimum absolute atomic E-state index is 0.711. The summed E-state index contributed by atoms with van der Waals surface area (Å²) in [4.78, 5) is 10.2. The van der Waals surface area contributed by atoms with Gasteiger partial charge >= 0.3 is 0 Å². The van der Waals surface area contributed by atoms with Crippen molar-refractivity contribution in [3.63, 3.8) is 0 Å². The predicted octanol–water partition coefficient (Wildman–Crippen LogP) is 12.2. The first-order valence-electron chi connectivity index (χ1n) is 16.0. The second-order valence-electron chi connectivity index (χ2n) is 12.0. The molecule has 0 aliphatic carbocycles.